The first-order chi connectivity index (χ1) is 7.98. The van der Waals surface area contributed by atoms with Crippen LogP contribution in [0.15, 0.2) is 21.4 Å². The molecule has 0 radical (unpaired) electrons. The van der Waals surface area contributed by atoms with E-state index in [2.05, 4.69) is 15.9 Å². The van der Waals surface area contributed by atoms with E-state index < -0.39 is 12.0 Å². The Labute approximate surface area is 107 Å². The summed E-state index contributed by atoms with van der Waals surface area (Å²) in [5.74, 6) is -2.67. The highest BCUT2D eigenvalue weighted by molar-refractivity contribution is 9.10. The molecule has 2 rings (SSSR count). The van der Waals surface area contributed by atoms with Crippen LogP contribution in [0.2, 0.25) is 0 Å². The number of rotatable bonds is 3. The second-order valence-corrected chi connectivity index (χ2v) is 5.44. The normalized spacial score (nSPS) is 25.8. The van der Waals surface area contributed by atoms with Gasteiger partial charge in [-0.25, -0.2) is 8.78 Å². The highest BCUT2D eigenvalue weighted by Crippen LogP contribution is 2.41. The molecule has 1 aliphatic carbocycles. The van der Waals surface area contributed by atoms with Gasteiger partial charge in [-0.05, 0) is 47.2 Å². The molecule has 1 saturated carbocycles. The van der Waals surface area contributed by atoms with Crippen molar-refractivity contribution in [3.05, 3.63) is 22.6 Å². The molecule has 2 atom stereocenters. The van der Waals surface area contributed by atoms with Crippen LogP contribution >= 0.6 is 15.9 Å². The quantitative estimate of drug-likeness (QED) is 0.903. The first kappa shape index (κ1) is 13.0. The molecule has 0 spiro atoms. The summed E-state index contributed by atoms with van der Waals surface area (Å²) >= 11 is 3.18. The Hall–Kier alpha value is -0.420. The zero-order valence-electron chi connectivity index (χ0n) is 9.33. The summed E-state index contributed by atoms with van der Waals surface area (Å²) in [6.45, 7) is 0. The minimum atomic E-state index is -2.56. The van der Waals surface area contributed by atoms with Crippen molar-refractivity contribution in [2.75, 3.05) is 0 Å². The summed E-state index contributed by atoms with van der Waals surface area (Å²) in [7, 11) is 0. The molecule has 1 aromatic heterocycles. The molecule has 1 heterocycles. The van der Waals surface area contributed by atoms with Gasteiger partial charge in [-0.3, -0.25) is 0 Å². The van der Waals surface area contributed by atoms with Crippen molar-refractivity contribution in [2.45, 2.75) is 44.1 Å². The maximum Gasteiger partial charge on any atom is 0.248 e. The summed E-state index contributed by atoms with van der Waals surface area (Å²) in [6.07, 6.45) is 2.28. The van der Waals surface area contributed by atoms with Gasteiger partial charge in [0.15, 0.2) is 4.67 Å². The third-order valence-electron chi connectivity index (χ3n) is 3.30. The van der Waals surface area contributed by atoms with E-state index in [1.807, 2.05) is 0 Å². The lowest BCUT2D eigenvalue weighted by Crippen LogP contribution is -2.27. The van der Waals surface area contributed by atoms with Gasteiger partial charge >= 0.3 is 0 Å². The van der Waals surface area contributed by atoms with Crippen LogP contribution in [0.1, 0.15) is 43.8 Å². The van der Waals surface area contributed by atoms with E-state index in [4.69, 9.17) is 4.42 Å². The molecule has 1 N–H and O–H groups in total. The van der Waals surface area contributed by atoms with Crippen LogP contribution in [0.25, 0.3) is 0 Å². The van der Waals surface area contributed by atoms with Gasteiger partial charge in [-0.2, -0.15) is 0 Å². The van der Waals surface area contributed by atoms with Gasteiger partial charge in [0.05, 0.1) is 12.4 Å². The standard InChI is InChI=1S/C12H15BrF2O2/c13-11-9(3-5-17-11)10(16)6-8-2-1-4-12(14,15)7-8/h3,5,8,10,16H,1-2,4,6-7H2. The maximum absolute atomic E-state index is 13.2. The van der Waals surface area contributed by atoms with Crippen molar-refractivity contribution < 1.29 is 18.3 Å². The summed E-state index contributed by atoms with van der Waals surface area (Å²) in [5.41, 5.74) is 0.638. The largest absolute Gasteiger partial charge is 0.457 e. The Kier molecular flexibility index (Phi) is 3.88. The van der Waals surface area contributed by atoms with Crippen molar-refractivity contribution >= 4 is 15.9 Å². The molecular weight excluding hydrogens is 294 g/mol. The fourth-order valence-electron chi connectivity index (χ4n) is 2.46. The molecule has 2 unspecified atom stereocenters. The maximum atomic E-state index is 13.2. The van der Waals surface area contributed by atoms with E-state index >= 15 is 0 Å². The first-order valence-electron chi connectivity index (χ1n) is 5.77. The summed E-state index contributed by atoms with van der Waals surface area (Å²) < 4.78 is 31.9. The molecule has 1 fully saturated rings. The fourth-order valence-corrected chi connectivity index (χ4v) is 2.97. The molecule has 0 aliphatic heterocycles. The van der Waals surface area contributed by atoms with Crippen LogP contribution in [0.3, 0.4) is 0 Å². The smallest absolute Gasteiger partial charge is 0.248 e. The van der Waals surface area contributed by atoms with E-state index in [1.165, 1.54) is 6.26 Å². The molecule has 2 nitrogen and oxygen atoms in total. The zero-order chi connectivity index (χ0) is 12.5. The van der Waals surface area contributed by atoms with Crippen molar-refractivity contribution in [2.24, 2.45) is 5.92 Å². The lowest BCUT2D eigenvalue weighted by molar-refractivity contribution is -0.0591. The Morgan fingerprint density at radius 3 is 2.94 bits per heavy atom. The number of halogens is 3. The van der Waals surface area contributed by atoms with Crippen molar-refractivity contribution in [3.8, 4) is 0 Å². The van der Waals surface area contributed by atoms with Crippen molar-refractivity contribution in [3.63, 3.8) is 0 Å². The van der Waals surface area contributed by atoms with E-state index in [-0.39, 0.29) is 18.8 Å². The molecule has 5 heteroatoms. The van der Waals surface area contributed by atoms with Gasteiger partial charge in [-0.15, -0.1) is 0 Å². The number of aliphatic hydroxyl groups excluding tert-OH is 1. The Bertz CT molecular complexity index is 378. The topological polar surface area (TPSA) is 33.4 Å². The predicted octanol–water partition coefficient (Wildman–Crippen LogP) is 4.29. The van der Waals surface area contributed by atoms with Crippen LogP contribution in [-0.2, 0) is 0 Å². The number of hydrogen-bond donors (Lipinski definition) is 1. The van der Waals surface area contributed by atoms with E-state index in [1.54, 1.807) is 6.07 Å². The molecular formula is C12H15BrF2O2. The third kappa shape index (κ3) is 3.28. The molecule has 96 valence electrons. The van der Waals surface area contributed by atoms with E-state index in [0.717, 1.165) is 6.42 Å². The zero-order valence-corrected chi connectivity index (χ0v) is 10.9. The number of aliphatic hydroxyl groups is 1. The average molecular weight is 309 g/mol. The van der Waals surface area contributed by atoms with Gasteiger partial charge in [0, 0.05) is 18.4 Å². The second kappa shape index (κ2) is 5.06. The fraction of sp³-hybridized carbons (Fsp3) is 0.667. The molecule has 0 aromatic carbocycles. The molecule has 17 heavy (non-hydrogen) atoms. The minimum absolute atomic E-state index is 0.0188. The Morgan fingerprint density at radius 1 is 1.59 bits per heavy atom. The van der Waals surface area contributed by atoms with Crippen LogP contribution in [0.5, 0.6) is 0 Å². The summed E-state index contributed by atoms with van der Waals surface area (Å²) in [4.78, 5) is 0. The highest BCUT2D eigenvalue weighted by Gasteiger charge is 2.37. The van der Waals surface area contributed by atoms with E-state index in [9.17, 15) is 13.9 Å². The highest BCUT2D eigenvalue weighted by atomic mass is 79.9. The lowest BCUT2D eigenvalue weighted by Gasteiger charge is -2.30. The van der Waals surface area contributed by atoms with Gasteiger partial charge in [0.25, 0.3) is 0 Å². The van der Waals surface area contributed by atoms with Gasteiger partial charge in [0.2, 0.25) is 5.92 Å². The average Bonchev–Trinajstić information content (AvgIpc) is 2.62. The number of alkyl halides is 2. The van der Waals surface area contributed by atoms with Crippen LogP contribution in [0.4, 0.5) is 8.78 Å². The number of furan rings is 1. The number of hydrogen-bond acceptors (Lipinski definition) is 2. The van der Waals surface area contributed by atoms with Crippen LogP contribution in [-0.4, -0.2) is 11.0 Å². The Balaban J connectivity index is 1.95. The molecule has 1 aromatic rings. The SMILES string of the molecule is OC(CC1CCCC(F)(F)C1)c1ccoc1Br. The van der Waals surface area contributed by atoms with Crippen LogP contribution in [0, 0.1) is 5.92 Å². The molecule has 0 bridgehead atoms. The van der Waals surface area contributed by atoms with Gasteiger partial charge in [0.1, 0.15) is 0 Å². The van der Waals surface area contributed by atoms with Gasteiger partial charge in [-0.1, -0.05) is 0 Å². The summed E-state index contributed by atoms with van der Waals surface area (Å²) in [5, 5.41) is 9.98. The Morgan fingerprint density at radius 2 is 2.35 bits per heavy atom. The first-order valence-corrected chi connectivity index (χ1v) is 6.56. The lowest BCUT2D eigenvalue weighted by atomic mass is 9.82. The minimum Gasteiger partial charge on any atom is -0.457 e. The van der Waals surface area contributed by atoms with E-state index in [0.29, 0.717) is 23.1 Å². The third-order valence-corrected chi connectivity index (χ3v) is 3.95. The molecule has 1 aliphatic rings. The van der Waals surface area contributed by atoms with Crippen molar-refractivity contribution in [1.29, 1.82) is 0 Å². The van der Waals surface area contributed by atoms with Crippen LogP contribution < -0.4 is 0 Å². The monoisotopic (exact) mass is 308 g/mol. The van der Waals surface area contributed by atoms with Crippen molar-refractivity contribution in [1.82, 2.24) is 0 Å². The summed E-state index contributed by atoms with van der Waals surface area (Å²) in [6, 6.07) is 1.66. The van der Waals surface area contributed by atoms with Gasteiger partial charge < -0.3 is 9.52 Å². The second-order valence-electron chi connectivity index (χ2n) is 4.72. The molecule has 0 saturated heterocycles. The molecule has 0 amide bonds. The predicted molar refractivity (Wildman–Crippen MR) is 62.9 cm³/mol.